The number of hydrogen-bond donors (Lipinski definition) is 0. The van der Waals surface area contributed by atoms with Crippen LogP contribution in [0.2, 0.25) is 0 Å². The molecule has 1 aliphatic carbocycles. The van der Waals surface area contributed by atoms with Gasteiger partial charge in [0.2, 0.25) is 5.70 Å². The van der Waals surface area contributed by atoms with Crippen LogP contribution >= 0.6 is 0 Å². The zero-order valence-electron chi connectivity index (χ0n) is 10.5. The van der Waals surface area contributed by atoms with E-state index in [0.717, 1.165) is 11.4 Å². The number of nitrogens with zero attached hydrogens (tertiary/aromatic N) is 3. The molecular weight excluding hydrogens is 230 g/mol. The average Bonchev–Trinajstić information content (AvgIpc) is 2.76. The van der Waals surface area contributed by atoms with Crippen LogP contribution in [0.5, 0.6) is 0 Å². The SMILES string of the molecule is CC(C)=Cc1ccn(C2=CC=C([N+](=O)[O-])CC2)n1. The van der Waals surface area contributed by atoms with Crippen LogP contribution in [0.15, 0.2) is 35.7 Å². The van der Waals surface area contributed by atoms with Crippen LogP contribution in [0.1, 0.15) is 32.4 Å². The molecule has 1 aromatic rings. The van der Waals surface area contributed by atoms with Crippen LogP contribution in [0.4, 0.5) is 0 Å². The second-order valence-electron chi connectivity index (χ2n) is 4.48. The van der Waals surface area contributed by atoms with Crippen molar-refractivity contribution in [3.05, 3.63) is 51.5 Å². The van der Waals surface area contributed by atoms with E-state index in [9.17, 15) is 10.1 Å². The van der Waals surface area contributed by atoms with Crippen molar-refractivity contribution in [2.24, 2.45) is 0 Å². The number of hydrogen-bond acceptors (Lipinski definition) is 3. The third-order valence-electron chi connectivity index (χ3n) is 2.68. The quantitative estimate of drug-likeness (QED) is 0.607. The normalized spacial score (nSPS) is 14.8. The van der Waals surface area contributed by atoms with Crippen LogP contribution in [-0.2, 0) is 0 Å². The van der Waals surface area contributed by atoms with Gasteiger partial charge in [-0.3, -0.25) is 10.1 Å². The number of allylic oxidation sites excluding steroid dienone is 5. The molecule has 1 heterocycles. The Hall–Kier alpha value is -2.17. The monoisotopic (exact) mass is 245 g/mol. The van der Waals surface area contributed by atoms with Gasteiger partial charge in [0.1, 0.15) is 0 Å². The van der Waals surface area contributed by atoms with Gasteiger partial charge >= 0.3 is 0 Å². The molecule has 94 valence electrons. The van der Waals surface area contributed by atoms with Crippen molar-refractivity contribution in [2.45, 2.75) is 26.7 Å². The van der Waals surface area contributed by atoms with Crippen LogP contribution in [0, 0.1) is 10.1 Å². The maximum Gasteiger partial charge on any atom is 0.246 e. The molecule has 0 saturated heterocycles. The van der Waals surface area contributed by atoms with E-state index >= 15 is 0 Å². The summed E-state index contributed by atoms with van der Waals surface area (Å²) >= 11 is 0. The Balaban J connectivity index is 2.21. The largest absolute Gasteiger partial charge is 0.259 e. The minimum atomic E-state index is -0.328. The van der Waals surface area contributed by atoms with Crippen LogP contribution < -0.4 is 0 Å². The van der Waals surface area contributed by atoms with E-state index in [1.165, 1.54) is 5.57 Å². The lowest BCUT2D eigenvalue weighted by atomic mass is 10.1. The highest BCUT2D eigenvalue weighted by molar-refractivity contribution is 5.53. The first-order valence-electron chi connectivity index (χ1n) is 5.81. The fourth-order valence-corrected chi connectivity index (χ4v) is 1.83. The Morgan fingerprint density at radius 3 is 2.78 bits per heavy atom. The zero-order valence-corrected chi connectivity index (χ0v) is 10.5. The van der Waals surface area contributed by atoms with E-state index in [4.69, 9.17) is 0 Å². The summed E-state index contributed by atoms with van der Waals surface area (Å²) in [7, 11) is 0. The predicted molar refractivity (Wildman–Crippen MR) is 70.1 cm³/mol. The molecule has 0 atom stereocenters. The van der Waals surface area contributed by atoms with Crippen molar-refractivity contribution in [1.29, 1.82) is 0 Å². The van der Waals surface area contributed by atoms with Gasteiger partial charge in [-0.1, -0.05) is 5.57 Å². The molecule has 0 amide bonds. The summed E-state index contributed by atoms with van der Waals surface area (Å²) in [5.41, 5.74) is 3.33. The summed E-state index contributed by atoms with van der Waals surface area (Å²) in [4.78, 5) is 10.3. The molecule has 1 aliphatic rings. The second kappa shape index (κ2) is 5.00. The molecule has 0 fully saturated rings. The third kappa shape index (κ3) is 2.74. The Kier molecular flexibility index (Phi) is 3.41. The molecule has 0 aliphatic heterocycles. The van der Waals surface area contributed by atoms with E-state index in [0.29, 0.717) is 12.8 Å². The standard InChI is InChI=1S/C13H15N3O2/c1-10(2)9-11-7-8-15(14-11)12-3-5-13(6-4-12)16(17)18/h3,5,7-9H,4,6H2,1-2H3. The van der Waals surface area contributed by atoms with Crippen molar-refractivity contribution >= 4 is 11.8 Å². The molecule has 0 aromatic carbocycles. The fourth-order valence-electron chi connectivity index (χ4n) is 1.83. The highest BCUT2D eigenvalue weighted by Gasteiger charge is 2.16. The van der Waals surface area contributed by atoms with Crippen molar-refractivity contribution in [3.63, 3.8) is 0 Å². The van der Waals surface area contributed by atoms with E-state index in [2.05, 4.69) is 5.10 Å². The van der Waals surface area contributed by atoms with Gasteiger partial charge in [-0.25, -0.2) is 4.68 Å². The molecule has 2 rings (SSSR count). The maximum absolute atomic E-state index is 10.6. The average molecular weight is 245 g/mol. The predicted octanol–water partition coefficient (Wildman–Crippen LogP) is 3.10. The molecule has 0 spiro atoms. The van der Waals surface area contributed by atoms with Gasteiger partial charge in [0.05, 0.1) is 10.6 Å². The molecule has 0 saturated carbocycles. The first-order valence-corrected chi connectivity index (χ1v) is 5.81. The smallest absolute Gasteiger partial charge is 0.246 e. The van der Waals surface area contributed by atoms with E-state index < -0.39 is 0 Å². The second-order valence-corrected chi connectivity index (χ2v) is 4.48. The molecule has 0 bridgehead atoms. The molecular formula is C13H15N3O2. The molecule has 0 unspecified atom stereocenters. The summed E-state index contributed by atoms with van der Waals surface area (Å²) in [6.45, 7) is 4.04. The molecule has 1 aromatic heterocycles. The lowest BCUT2D eigenvalue weighted by Gasteiger charge is -2.09. The van der Waals surface area contributed by atoms with E-state index in [1.807, 2.05) is 32.2 Å². The molecule has 18 heavy (non-hydrogen) atoms. The van der Waals surface area contributed by atoms with Crippen LogP contribution in [0.3, 0.4) is 0 Å². The topological polar surface area (TPSA) is 61.0 Å². The van der Waals surface area contributed by atoms with Gasteiger partial charge in [-0.05, 0) is 38.5 Å². The summed E-state index contributed by atoms with van der Waals surface area (Å²) in [5, 5.41) is 15.0. The minimum Gasteiger partial charge on any atom is -0.259 e. The molecule has 0 radical (unpaired) electrons. The van der Waals surface area contributed by atoms with Gasteiger partial charge < -0.3 is 0 Å². The highest BCUT2D eigenvalue weighted by atomic mass is 16.6. The number of aromatic nitrogens is 2. The Morgan fingerprint density at radius 1 is 1.44 bits per heavy atom. The fraction of sp³-hybridized carbons (Fsp3) is 0.308. The number of rotatable bonds is 3. The van der Waals surface area contributed by atoms with Crippen LogP contribution in [0.25, 0.3) is 11.8 Å². The van der Waals surface area contributed by atoms with Crippen LogP contribution in [-0.4, -0.2) is 14.7 Å². The maximum atomic E-state index is 10.6. The summed E-state index contributed by atoms with van der Waals surface area (Å²) < 4.78 is 1.78. The minimum absolute atomic E-state index is 0.260. The summed E-state index contributed by atoms with van der Waals surface area (Å²) in [5.74, 6) is 0. The first kappa shape index (κ1) is 12.3. The van der Waals surface area contributed by atoms with E-state index in [-0.39, 0.29) is 10.6 Å². The first-order chi connectivity index (χ1) is 8.56. The zero-order chi connectivity index (χ0) is 13.1. The number of nitro groups is 1. The van der Waals surface area contributed by atoms with Gasteiger partial charge in [-0.15, -0.1) is 0 Å². The van der Waals surface area contributed by atoms with Crippen molar-refractivity contribution in [1.82, 2.24) is 9.78 Å². The molecule has 5 heteroatoms. The highest BCUT2D eigenvalue weighted by Crippen LogP contribution is 2.22. The van der Waals surface area contributed by atoms with Gasteiger partial charge in [0.15, 0.2) is 0 Å². The third-order valence-corrected chi connectivity index (χ3v) is 2.68. The van der Waals surface area contributed by atoms with Crippen molar-refractivity contribution in [3.8, 4) is 0 Å². The van der Waals surface area contributed by atoms with Gasteiger partial charge in [0.25, 0.3) is 0 Å². The Bertz CT molecular complexity index is 561. The lowest BCUT2D eigenvalue weighted by Crippen LogP contribution is -2.06. The van der Waals surface area contributed by atoms with E-state index in [1.54, 1.807) is 16.8 Å². The van der Waals surface area contributed by atoms with Crippen molar-refractivity contribution < 1.29 is 4.92 Å². The Morgan fingerprint density at radius 2 is 2.22 bits per heavy atom. The summed E-state index contributed by atoms with van der Waals surface area (Å²) in [6, 6.07) is 1.93. The molecule has 5 nitrogen and oxygen atoms in total. The summed E-state index contributed by atoms with van der Waals surface area (Å²) in [6.07, 6.45) is 8.30. The van der Waals surface area contributed by atoms with Gasteiger partial charge in [0, 0.05) is 24.4 Å². The Labute approximate surface area is 105 Å². The van der Waals surface area contributed by atoms with Crippen molar-refractivity contribution in [2.75, 3.05) is 0 Å². The molecule has 0 N–H and O–H groups in total. The van der Waals surface area contributed by atoms with Gasteiger partial charge in [-0.2, -0.15) is 5.10 Å². The lowest BCUT2D eigenvalue weighted by molar-refractivity contribution is -0.428.